The van der Waals surface area contributed by atoms with Crippen LogP contribution in [0.3, 0.4) is 0 Å². The van der Waals surface area contributed by atoms with Crippen LogP contribution in [0.4, 0.5) is 5.95 Å². The lowest BCUT2D eigenvalue weighted by atomic mass is 9.93. The minimum Gasteiger partial charge on any atom is -0.497 e. The average Bonchev–Trinajstić information content (AvgIpc) is 3.63. The van der Waals surface area contributed by atoms with Crippen molar-refractivity contribution >= 4 is 16.0 Å². The summed E-state index contributed by atoms with van der Waals surface area (Å²) >= 11 is 0. The molecule has 39 heavy (non-hydrogen) atoms. The summed E-state index contributed by atoms with van der Waals surface area (Å²) in [7, 11) is -2.08. The smallest absolute Gasteiger partial charge is 0.243 e. The molecular weight excluding hydrogens is 514 g/mol. The van der Waals surface area contributed by atoms with E-state index in [4.69, 9.17) is 9.47 Å². The number of sulfonamides is 1. The minimum atomic E-state index is -3.67. The van der Waals surface area contributed by atoms with Crippen molar-refractivity contribution in [2.24, 2.45) is 5.92 Å². The predicted molar refractivity (Wildman–Crippen MR) is 152 cm³/mol. The highest BCUT2D eigenvalue weighted by atomic mass is 32.2. The largest absolute Gasteiger partial charge is 0.497 e. The Labute approximate surface area is 233 Å². The van der Waals surface area contributed by atoms with Gasteiger partial charge in [-0.1, -0.05) is 0 Å². The Balaban J connectivity index is 1.17. The van der Waals surface area contributed by atoms with Gasteiger partial charge in [0.15, 0.2) is 0 Å². The van der Waals surface area contributed by atoms with Gasteiger partial charge in [0.2, 0.25) is 21.9 Å². The van der Waals surface area contributed by atoms with Crippen LogP contribution < -0.4 is 14.4 Å². The second-order valence-electron chi connectivity index (χ2n) is 11.3. The van der Waals surface area contributed by atoms with Crippen molar-refractivity contribution in [2.45, 2.75) is 69.7 Å². The molecule has 3 aliphatic heterocycles. The molecule has 3 saturated heterocycles. The molecule has 9 nitrogen and oxygen atoms in total. The molecule has 214 valence electrons. The second-order valence-corrected chi connectivity index (χ2v) is 13.1. The maximum Gasteiger partial charge on any atom is 0.243 e. The Hall–Kier alpha value is -2.43. The van der Waals surface area contributed by atoms with Crippen molar-refractivity contribution in [1.82, 2.24) is 19.2 Å². The van der Waals surface area contributed by atoms with Crippen LogP contribution in [0.1, 0.15) is 56.1 Å². The average molecular weight is 558 g/mol. The Morgan fingerprint density at radius 3 is 2.38 bits per heavy atom. The van der Waals surface area contributed by atoms with Gasteiger partial charge in [0.05, 0.1) is 18.0 Å². The summed E-state index contributed by atoms with van der Waals surface area (Å²) in [5.74, 6) is 2.63. The summed E-state index contributed by atoms with van der Waals surface area (Å²) in [4.78, 5) is 14.4. The van der Waals surface area contributed by atoms with Crippen molar-refractivity contribution < 1.29 is 17.9 Å². The number of hydrogen-bond donors (Lipinski definition) is 0. The first-order valence-corrected chi connectivity index (χ1v) is 15.9. The van der Waals surface area contributed by atoms with E-state index in [0.29, 0.717) is 40.1 Å². The normalized spacial score (nSPS) is 21.5. The van der Waals surface area contributed by atoms with E-state index in [0.717, 1.165) is 31.8 Å². The first-order chi connectivity index (χ1) is 18.8. The number of piperidine rings is 1. The van der Waals surface area contributed by atoms with Gasteiger partial charge < -0.3 is 19.3 Å². The van der Waals surface area contributed by atoms with E-state index < -0.39 is 10.0 Å². The molecule has 0 spiro atoms. The van der Waals surface area contributed by atoms with Crippen LogP contribution in [0.2, 0.25) is 0 Å². The zero-order chi connectivity index (χ0) is 27.4. The van der Waals surface area contributed by atoms with E-state index in [-0.39, 0.29) is 12.6 Å². The molecular formula is C29H43N5O4S. The molecule has 0 aliphatic carbocycles. The fourth-order valence-electron chi connectivity index (χ4n) is 6.38. The predicted octanol–water partition coefficient (Wildman–Crippen LogP) is 4.04. The molecule has 10 heteroatoms. The van der Waals surface area contributed by atoms with Crippen LogP contribution in [0.25, 0.3) is 0 Å². The van der Waals surface area contributed by atoms with E-state index in [1.54, 1.807) is 35.8 Å². The Morgan fingerprint density at radius 2 is 1.69 bits per heavy atom. The Morgan fingerprint density at radius 1 is 0.974 bits per heavy atom. The number of likely N-dealkylation sites (tertiary alicyclic amines) is 1. The Bertz CT molecular complexity index is 1200. The van der Waals surface area contributed by atoms with Gasteiger partial charge in [-0.25, -0.2) is 13.4 Å². The summed E-state index contributed by atoms with van der Waals surface area (Å²) < 4.78 is 40.4. The highest BCUT2D eigenvalue weighted by molar-refractivity contribution is 7.89. The lowest BCUT2D eigenvalue weighted by molar-refractivity contribution is 0.225. The molecule has 0 unspecified atom stereocenters. The fourth-order valence-corrected chi connectivity index (χ4v) is 8.48. The molecule has 0 bridgehead atoms. The third-order valence-electron chi connectivity index (χ3n) is 8.55. The molecule has 3 fully saturated rings. The maximum absolute atomic E-state index is 13.7. The van der Waals surface area contributed by atoms with E-state index in [1.165, 1.54) is 51.7 Å². The van der Waals surface area contributed by atoms with Gasteiger partial charge >= 0.3 is 0 Å². The van der Waals surface area contributed by atoms with Crippen molar-refractivity contribution in [3.63, 3.8) is 0 Å². The molecule has 1 aromatic carbocycles. The van der Waals surface area contributed by atoms with Crippen LogP contribution in [0.5, 0.6) is 11.6 Å². The third kappa shape index (κ3) is 6.49. The zero-order valence-corrected chi connectivity index (χ0v) is 24.5. The number of benzene rings is 1. The molecule has 0 saturated carbocycles. The quantitative estimate of drug-likeness (QED) is 0.433. The van der Waals surface area contributed by atoms with Crippen LogP contribution in [-0.4, -0.2) is 86.6 Å². The van der Waals surface area contributed by atoms with Crippen LogP contribution in [0, 0.1) is 19.8 Å². The molecule has 0 N–H and O–H groups in total. The van der Waals surface area contributed by atoms with Crippen LogP contribution >= 0.6 is 0 Å². The van der Waals surface area contributed by atoms with E-state index >= 15 is 0 Å². The van der Waals surface area contributed by atoms with Gasteiger partial charge in [-0.3, -0.25) is 0 Å². The second kappa shape index (κ2) is 12.4. The van der Waals surface area contributed by atoms with Gasteiger partial charge in [-0.05, 0) is 108 Å². The van der Waals surface area contributed by atoms with E-state index in [2.05, 4.69) is 19.8 Å². The molecule has 0 radical (unpaired) electrons. The SMILES string of the molecule is COc1cc(C)c(S(=O)(=O)N2CCC[C@H]2COc2ccnc(N3CCC(CCN4CCCC4)CC3)n2)c(C)c1. The lowest BCUT2D eigenvalue weighted by Crippen LogP contribution is -2.39. The molecule has 2 aromatic rings. The molecule has 1 aromatic heterocycles. The topological polar surface area (TPSA) is 88.1 Å². The first-order valence-electron chi connectivity index (χ1n) is 14.5. The van der Waals surface area contributed by atoms with Crippen LogP contribution in [0.15, 0.2) is 29.3 Å². The van der Waals surface area contributed by atoms with Crippen molar-refractivity contribution in [2.75, 3.05) is 57.9 Å². The Kier molecular flexibility index (Phi) is 8.93. The summed E-state index contributed by atoms with van der Waals surface area (Å²) in [5.41, 5.74) is 1.39. The highest BCUT2D eigenvalue weighted by Crippen LogP contribution is 2.33. The number of rotatable bonds is 10. The van der Waals surface area contributed by atoms with E-state index in [1.807, 2.05) is 13.8 Å². The van der Waals surface area contributed by atoms with E-state index in [9.17, 15) is 8.42 Å². The molecule has 5 rings (SSSR count). The minimum absolute atomic E-state index is 0.235. The third-order valence-corrected chi connectivity index (χ3v) is 10.8. The fraction of sp³-hybridized carbons (Fsp3) is 0.655. The zero-order valence-electron chi connectivity index (χ0n) is 23.6. The van der Waals surface area contributed by atoms with Crippen molar-refractivity contribution in [1.29, 1.82) is 0 Å². The standard InChI is InChI=1S/C29H43N5O4S/c1-22-19-26(37-3)20-23(2)28(22)39(35,36)34-15-6-7-25(34)21-38-27-8-12-30-29(31-27)33-17-10-24(11-18-33)9-16-32-13-4-5-14-32/h8,12,19-20,24-25H,4-7,9-11,13-18,21H2,1-3H3/t25-/m0/s1. The number of ether oxygens (including phenoxy) is 2. The number of methoxy groups -OCH3 is 1. The van der Waals surface area contributed by atoms with Gasteiger partial charge in [-0.15, -0.1) is 0 Å². The number of nitrogens with zero attached hydrogens (tertiary/aromatic N) is 5. The maximum atomic E-state index is 13.7. The van der Waals surface area contributed by atoms with Crippen molar-refractivity contribution in [3.8, 4) is 11.6 Å². The number of hydrogen-bond acceptors (Lipinski definition) is 8. The summed E-state index contributed by atoms with van der Waals surface area (Å²) in [5, 5.41) is 0. The summed E-state index contributed by atoms with van der Waals surface area (Å²) in [6.07, 6.45) is 9.64. The summed E-state index contributed by atoms with van der Waals surface area (Å²) in [6.45, 7) is 10.1. The van der Waals surface area contributed by atoms with Gasteiger partial charge in [0.25, 0.3) is 0 Å². The number of anilines is 1. The lowest BCUT2D eigenvalue weighted by Gasteiger charge is -2.32. The monoisotopic (exact) mass is 557 g/mol. The molecule has 0 amide bonds. The van der Waals surface area contributed by atoms with Crippen molar-refractivity contribution in [3.05, 3.63) is 35.5 Å². The molecule has 1 atom stereocenters. The summed E-state index contributed by atoms with van der Waals surface area (Å²) in [6, 6.07) is 5.08. The van der Waals surface area contributed by atoms with Gasteiger partial charge in [0, 0.05) is 31.9 Å². The van der Waals surface area contributed by atoms with Crippen LogP contribution in [-0.2, 0) is 10.0 Å². The number of aromatic nitrogens is 2. The van der Waals surface area contributed by atoms with Gasteiger partial charge in [0.1, 0.15) is 12.4 Å². The molecule has 4 heterocycles. The first kappa shape index (κ1) is 28.1. The number of aryl methyl sites for hydroxylation is 2. The molecule has 3 aliphatic rings. The highest BCUT2D eigenvalue weighted by Gasteiger charge is 2.37. The van der Waals surface area contributed by atoms with Gasteiger partial charge in [-0.2, -0.15) is 9.29 Å².